The second kappa shape index (κ2) is 9.49. The fraction of sp³-hybridized carbons (Fsp3) is 0.0455. The molecule has 1 N–H and O–H groups in total. The molecule has 0 saturated carbocycles. The van der Waals surface area contributed by atoms with E-state index in [1.165, 1.54) is 0 Å². The van der Waals surface area contributed by atoms with Crippen LogP contribution in [0.4, 0.5) is 0 Å². The maximum absolute atomic E-state index is 12.1. The second-order valence-corrected chi connectivity index (χ2v) is 6.66. The molecule has 3 aromatic carbocycles. The molecule has 3 rings (SSSR count). The largest absolute Gasteiger partial charge is 0.489 e. The van der Waals surface area contributed by atoms with E-state index < -0.39 is 0 Å². The highest BCUT2D eigenvalue weighted by Gasteiger charge is 2.07. The molecule has 0 saturated heterocycles. The van der Waals surface area contributed by atoms with Crippen LogP contribution in [0.1, 0.15) is 27.0 Å². The van der Waals surface area contributed by atoms with E-state index in [4.69, 9.17) is 10.00 Å². The van der Waals surface area contributed by atoms with Crippen LogP contribution in [0.3, 0.4) is 0 Å². The Morgan fingerprint density at radius 1 is 1.11 bits per heavy atom. The van der Waals surface area contributed by atoms with E-state index in [1.54, 1.807) is 30.5 Å². The fourth-order valence-electron chi connectivity index (χ4n) is 2.47. The minimum Gasteiger partial charge on any atom is -0.489 e. The lowest BCUT2D eigenvalue weighted by atomic mass is 10.1. The number of halogens is 1. The van der Waals surface area contributed by atoms with Gasteiger partial charge in [-0.3, -0.25) is 4.79 Å². The summed E-state index contributed by atoms with van der Waals surface area (Å²) in [5, 5.41) is 13.1. The number of hydrazone groups is 1. The van der Waals surface area contributed by atoms with Crippen LogP contribution in [-0.4, -0.2) is 12.1 Å². The van der Waals surface area contributed by atoms with Crippen molar-refractivity contribution in [3.63, 3.8) is 0 Å². The van der Waals surface area contributed by atoms with Gasteiger partial charge in [-0.05, 0) is 51.8 Å². The van der Waals surface area contributed by atoms with E-state index in [-0.39, 0.29) is 5.91 Å². The highest BCUT2D eigenvalue weighted by molar-refractivity contribution is 9.10. The molecule has 0 fully saturated rings. The van der Waals surface area contributed by atoms with Crippen LogP contribution < -0.4 is 10.2 Å². The molecule has 6 heteroatoms. The first-order valence-corrected chi connectivity index (χ1v) is 9.25. The molecule has 0 radical (unpaired) electrons. The average molecular weight is 434 g/mol. The second-order valence-electron chi connectivity index (χ2n) is 5.81. The first-order valence-electron chi connectivity index (χ1n) is 8.46. The number of ether oxygens (including phenoxy) is 1. The summed E-state index contributed by atoms with van der Waals surface area (Å²) in [7, 11) is 0. The summed E-state index contributed by atoms with van der Waals surface area (Å²) in [6.45, 7) is 0.295. The number of nitrogens with zero attached hydrogens (tertiary/aromatic N) is 2. The molecule has 0 spiro atoms. The number of nitrogens with one attached hydrogen (secondary N) is 1. The number of carbonyl (C=O) groups is 1. The van der Waals surface area contributed by atoms with Gasteiger partial charge in [0.05, 0.1) is 23.4 Å². The molecule has 0 atom stereocenters. The molecule has 0 unspecified atom stereocenters. The number of carbonyl (C=O) groups excluding carboxylic acids is 1. The quantitative estimate of drug-likeness (QED) is 0.453. The third kappa shape index (κ3) is 5.06. The van der Waals surface area contributed by atoms with E-state index in [9.17, 15) is 4.79 Å². The number of hydrogen-bond acceptors (Lipinski definition) is 4. The Morgan fingerprint density at radius 3 is 2.71 bits per heavy atom. The molecular weight excluding hydrogens is 418 g/mol. The predicted octanol–water partition coefficient (Wildman–Crippen LogP) is 4.66. The molecule has 5 nitrogen and oxygen atoms in total. The SMILES string of the molecule is N#Cc1ccccc1COc1cccc(/C=N/NC(=O)c2ccccc2Br)c1. The van der Waals surface area contributed by atoms with E-state index in [0.29, 0.717) is 28.0 Å². The zero-order chi connectivity index (χ0) is 19.8. The number of hydrogen-bond donors (Lipinski definition) is 1. The van der Waals surface area contributed by atoms with Crippen LogP contribution in [0.25, 0.3) is 0 Å². The van der Waals surface area contributed by atoms with Crippen molar-refractivity contribution in [2.45, 2.75) is 6.61 Å². The van der Waals surface area contributed by atoms with Crippen LogP contribution in [0, 0.1) is 11.3 Å². The lowest BCUT2D eigenvalue weighted by Gasteiger charge is -2.08. The summed E-state index contributed by atoms with van der Waals surface area (Å²) in [6, 6.07) is 23.9. The van der Waals surface area contributed by atoms with Crippen LogP contribution in [0.2, 0.25) is 0 Å². The van der Waals surface area contributed by atoms with Crippen molar-refractivity contribution >= 4 is 28.1 Å². The first kappa shape index (κ1) is 19.3. The molecule has 3 aromatic rings. The molecule has 28 heavy (non-hydrogen) atoms. The van der Waals surface area contributed by atoms with Crippen molar-refractivity contribution < 1.29 is 9.53 Å². The zero-order valence-corrected chi connectivity index (χ0v) is 16.4. The van der Waals surface area contributed by atoms with Gasteiger partial charge < -0.3 is 4.74 Å². The van der Waals surface area contributed by atoms with Crippen molar-refractivity contribution in [1.29, 1.82) is 5.26 Å². The number of amides is 1. The van der Waals surface area contributed by atoms with Gasteiger partial charge in [0, 0.05) is 10.0 Å². The summed E-state index contributed by atoms with van der Waals surface area (Å²) in [5.74, 6) is 0.345. The van der Waals surface area contributed by atoms with Crippen LogP contribution in [0.15, 0.2) is 82.4 Å². The van der Waals surface area contributed by atoms with Gasteiger partial charge in [0.2, 0.25) is 0 Å². The summed E-state index contributed by atoms with van der Waals surface area (Å²) < 4.78 is 6.49. The summed E-state index contributed by atoms with van der Waals surface area (Å²) in [5.41, 5.74) is 5.20. The zero-order valence-electron chi connectivity index (χ0n) is 14.8. The number of nitriles is 1. The Labute approximate surface area is 171 Å². The number of benzene rings is 3. The van der Waals surface area contributed by atoms with Crippen LogP contribution >= 0.6 is 15.9 Å². The van der Waals surface area contributed by atoms with Gasteiger partial charge in [-0.25, -0.2) is 5.43 Å². The third-order valence-electron chi connectivity index (χ3n) is 3.89. The monoisotopic (exact) mass is 433 g/mol. The van der Waals surface area contributed by atoms with Gasteiger partial charge in [0.15, 0.2) is 0 Å². The Bertz CT molecular complexity index is 1060. The highest BCUT2D eigenvalue weighted by Crippen LogP contribution is 2.17. The van der Waals surface area contributed by atoms with Crippen molar-refractivity contribution in [1.82, 2.24) is 5.43 Å². The van der Waals surface area contributed by atoms with Crippen molar-refractivity contribution in [2.24, 2.45) is 5.10 Å². The maximum Gasteiger partial charge on any atom is 0.272 e. The van der Waals surface area contributed by atoms with Gasteiger partial charge in [-0.2, -0.15) is 10.4 Å². The Kier molecular flexibility index (Phi) is 6.55. The molecule has 1 amide bonds. The van der Waals surface area contributed by atoms with Crippen LogP contribution in [0.5, 0.6) is 5.75 Å². The summed E-state index contributed by atoms with van der Waals surface area (Å²) in [6.07, 6.45) is 1.55. The number of rotatable bonds is 6. The molecule has 0 aromatic heterocycles. The van der Waals surface area contributed by atoms with Gasteiger partial charge in [-0.15, -0.1) is 0 Å². The van der Waals surface area contributed by atoms with Gasteiger partial charge >= 0.3 is 0 Å². The van der Waals surface area contributed by atoms with Crippen molar-refractivity contribution in [3.05, 3.63) is 99.5 Å². The minimum atomic E-state index is -0.302. The van der Waals surface area contributed by atoms with Gasteiger partial charge in [-0.1, -0.05) is 42.5 Å². The van der Waals surface area contributed by atoms with Crippen molar-refractivity contribution in [2.75, 3.05) is 0 Å². The minimum absolute atomic E-state index is 0.295. The average Bonchev–Trinajstić information content (AvgIpc) is 2.73. The first-order chi connectivity index (χ1) is 13.7. The third-order valence-corrected chi connectivity index (χ3v) is 4.58. The maximum atomic E-state index is 12.1. The Morgan fingerprint density at radius 2 is 1.89 bits per heavy atom. The Hall–Kier alpha value is -3.43. The molecule has 0 aliphatic heterocycles. The summed E-state index contributed by atoms with van der Waals surface area (Å²) in [4.78, 5) is 12.1. The smallest absolute Gasteiger partial charge is 0.272 e. The lowest BCUT2D eigenvalue weighted by Crippen LogP contribution is -2.18. The van der Waals surface area contributed by atoms with E-state index in [0.717, 1.165) is 11.1 Å². The fourth-order valence-corrected chi connectivity index (χ4v) is 2.94. The Balaban J connectivity index is 1.62. The molecular formula is C22H16BrN3O2. The normalized spacial score (nSPS) is 10.4. The molecule has 0 bridgehead atoms. The van der Waals surface area contributed by atoms with Gasteiger partial charge in [0.1, 0.15) is 12.4 Å². The van der Waals surface area contributed by atoms with Gasteiger partial charge in [0.25, 0.3) is 5.91 Å². The predicted molar refractivity (Wildman–Crippen MR) is 111 cm³/mol. The topological polar surface area (TPSA) is 74.5 Å². The molecule has 0 aliphatic rings. The molecule has 0 heterocycles. The highest BCUT2D eigenvalue weighted by atomic mass is 79.9. The summed E-state index contributed by atoms with van der Waals surface area (Å²) >= 11 is 3.34. The molecule has 0 aliphatic carbocycles. The lowest BCUT2D eigenvalue weighted by molar-refractivity contribution is 0.0954. The van der Waals surface area contributed by atoms with E-state index in [2.05, 4.69) is 32.5 Å². The van der Waals surface area contributed by atoms with E-state index in [1.807, 2.05) is 48.5 Å². The van der Waals surface area contributed by atoms with Crippen LogP contribution in [-0.2, 0) is 6.61 Å². The van der Waals surface area contributed by atoms with Crippen molar-refractivity contribution in [3.8, 4) is 11.8 Å². The van der Waals surface area contributed by atoms with E-state index >= 15 is 0 Å². The standard InChI is InChI=1S/C22H16BrN3O2/c23-21-11-4-3-10-20(21)22(27)26-25-14-16-6-5-9-19(12-16)28-15-18-8-2-1-7-17(18)13-24/h1-12,14H,15H2,(H,26,27)/b25-14+. The molecule has 138 valence electrons.